The number of aromatic nitrogens is 1. The second kappa shape index (κ2) is 6.45. The Kier molecular flexibility index (Phi) is 4.22. The molecule has 0 aliphatic carbocycles. The van der Waals surface area contributed by atoms with Crippen molar-refractivity contribution in [3.63, 3.8) is 0 Å². The van der Waals surface area contributed by atoms with Crippen molar-refractivity contribution in [2.75, 3.05) is 38.1 Å². The van der Waals surface area contributed by atoms with E-state index in [2.05, 4.69) is 5.16 Å². The lowest BCUT2D eigenvalue weighted by molar-refractivity contribution is -0.123. The third-order valence-corrected chi connectivity index (χ3v) is 5.52. The van der Waals surface area contributed by atoms with Crippen molar-refractivity contribution in [1.82, 2.24) is 15.0 Å². The molecule has 0 bridgehead atoms. The topological polar surface area (TPSA) is 69.9 Å². The van der Waals surface area contributed by atoms with Gasteiger partial charge in [-0.2, -0.15) is 0 Å². The minimum Gasteiger partial charge on any atom is -0.361 e. The van der Waals surface area contributed by atoms with Gasteiger partial charge in [0, 0.05) is 31.4 Å². The molecule has 7 nitrogen and oxygen atoms in total. The Labute approximate surface area is 156 Å². The van der Waals surface area contributed by atoms with Crippen molar-refractivity contribution < 1.29 is 18.5 Å². The lowest BCUT2D eigenvalue weighted by atomic mass is 9.92. The molecular formula is C19H21FN4O3. The highest BCUT2D eigenvalue weighted by Crippen LogP contribution is 2.34. The maximum atomic E-state index is 13.6. The van der Waals surface area contributed by atoms with E-state index >= 15 is 0 Å². The molecule has 2 aliphatic heterocycles. The molecular weight excluding hydrogens is 351 g/mol. The highest BCUT2D eigenvalue weighted by Gasteiger charge is 2.49. The zero-order valence-electron chi connectivity index (χ0n) is 15.3. The van der Waals surface area contributed by atoms with Crippen LogP contribution < -0.4 is 4.90 Å². The van der Waals surface area contributed by atoms with Gasteiger partial charge in [-0.05, 0) is 38.6 Å². The number of piperazine rings is 1. The first-order chi connectivity index (χ1) is 12.9. The van der Waals surface area contributed by atoms with E-state index in [4.69, 9.17) is 4.52 Å². The van der Waals surface area contributed by atoms with Crippen LogP contribution >= 0.6 is 0 Å². The number of amides is 2. The normalized spacial score (nSPS) is 23.4. The molecule has 0 unspecified atom stereocenters. The van der Waals surface area contributed by atoms with Gasteiger partial charge >= 0.3 is 0 Å². The van der Waals surface area contributed by atoms with Crippen molar-refractivity contribution >= 4 is 17.5 Å². The van der Waals surface area contributed by atoms with E-state index in [1.54, 1.807) is 34.9 Å². The predicted molar refractivity (Wildman–Crippen MR) is 95.9 cm³/mol. The molecule has 8 heteroatoms. The van der Waals surface area contributed by atoms with E-state index in [1.807, 2.05) is 11.9 Å². The van der Waals surface area contributed by atoms with Gasteiger partial charge in [-0.3, -0.25) is 14.5 Å². The number of aryl methyl sites for hydroxylation is 1. The Hall–Kier alpha value is -2.74. The third-order valence-electron chi connectivity index (χ3n) is 5.52. The number of halogens is 1. The van der Waals surface area contributed by atoms with Crippen molar-refractivity contribution in [1.29, 1.82) is 0 Å². The molecule has 1 aromatic carbocycles. The van der Waals surface area contributed by atoms with E-state index in [0.29, 0.717) is 36.8 Å². The standard InChI is InChI=1S/C19H21FN4O3/c1-13-8-16(21-27-13)18(26)23-7-6-19(11-23)12-24(17(25)10-22(19)2)15-5-3-4-14(20)9-15/h3-5,8-9H,6-7,10-12H2,1-2H3/t19-/m0/s1. The Morgan fingerprint density at radius 1 is 1.30 bits per heavy atom. The first-order valence-electron chi connectivity index (χ1n) is 8.88. The molecule has 27 heavy (non-hydrogen) atoms. The van der Waals surface area contributed by atoms with E-state index in [9.17, 15) is 14.0 Å². The number of anilines is 1. The highest BCUT2D eigenvalue weighted by atomic mass is 19.1. The van der Waals surface area contributed by atoms with Gasteiger partial charge in [-0.25, -0.2) is 4.39 Å². The predicted octanol–water partition coefficient (Wildman–Crippen LogP) is 1.69. The summed E-state index contributed by atoms with van der Waals surface area (Å²) in [6, 6.07) is 7.68. The summed E-state index contributed by atoms with van der Waals surface area (Å²) in [7, 11) is 1.90. The highest BCUT2D eigenvalue weighted by molar-refractivity contribution is 5.96. The second-order valence-corrected chi connectivity index (χ2v) is 7.34. The first kappa shape index (κ1) is 17.7. The molecule has 142 valence electrons. The molecule has 2 amide bonds. The number of nitrogens with zero attached hydrogens (tertiary/aromatic N) is 4. The van der Waals surface area contributed by atoms with Crippen LogP contribution in [0.1, 0.15) is 22.7 Å². The van der Waals surface area contributed by atoms with Crippen molar-refractivity contribution in [2.45, 2.75) is 18.9 Å². The largest absolute Gasteiger partial charge is 0.361 e. The van der Waals surface area contributed by atoms with Crippen LogP contribution in [0.2, 0.25) is 0 Å². The summed E-state index contributed by atoms with van der Waals surface area (Å²) < 4.78 is 18.6. The van der Waals surface area contributed by atoms with E-state index in [1.165, 1.54) is 12.1 Å². The molecule has 1 atom stereocenters. The van der Waals surface area contributed by atoms with Gasteiger partial charge in [0.15, 0.2) is 5.69 Å². The molecule has 3 heterocycles. The van der Waals surface area contributed by atoms with Crippen LogP contribution in [0.25, 0.3) is 0 Å². The van der Waals surface area contributed by atoms with E-state index in [0.717, 1.165) is 6.42 Å². The van der Waals surface area contributed by atoms with Crippen LogP contribution in [-0.4, -0.2) is 65.5 Å². The Morgan fingerprint density at radius 2 is 2.11 bits per heavy atom. The fraction of sp³-hybridized carbons (Fsp3) is 0.421. The fourth-order valence-corrected chi connectivity index (χ4v) is 3.94. The van der Waals surface area contributed by atoms with Crippen molar-refractivity contribution in [2.24, 2.45) is 0 Å². The smallest absolute Gasteiger partial charge is 0.276 e. The zero-order chi connectivity index (χ0) is 19.2. The summed E-state index contributed by atoms with van der Waals surface area (Å²) in [5.41, 5.74) is 0.472. The third kappa shape index (κ3) is 3.10. The molecule has 1 spiro atoms. The molecule has 2 aromatic rings. The number of likely N-dealkylation sites (N-methyl/N-ethyl adjacent to an activating group) is 1. The first-order valence-corrected chi connectivity index (χ1v) is 8.88. The number of hydrogen-bond acceptors (Lipinski definition) is 5. The number of carbonyl (C=O) groups is 2. The van der Waals surface area contributed by atoms with Crippen LogP contribution in [0, 0.1) is 12.7 Å². The van der Waals surface area contributed by atoms with Gasteiger partial charge in [0.25, 0.3) is 5.91 Å². The van der Waals surface area contributed by atoms with Crippen molar-refractivity contribution in [3.8, 4) is 0 Å². The second-order valence-electron chi connectivity index (χ2n) is 7.34. The minimum atomic E-state index is -0.377. The number of benzene rings is 1. The zero-order valence-corrected chi connectivity index (χ0v) is 15.3. The Morgan fingerprint density at radius 3 is 2.81 bits per heavy atom. The van der Waals surface area contributed by atoms with E-state index < -0.39 is 0 Å². The number of likely N-dealkylation sites (tertiary alicyclic amines) is 1. The molecule has 0 radical (unpaired) electrons. The number of rotatable bonds is 2. The fourth-order valence-electron chi connectivity index (χ4n) is 3.94. The molecule has 2 saturated heterocycles. The van der Waals surface area contributed by atoms with Crippen LogP contribution in [0.5, 0.6) is 0 Å². The molecule has 4 rings (SSSR count). The van der Waals surface area contributed by atoms with Gasteiger partial charge in [0.05, 0.1) is 12.1 Å². The number of carbonyl (C=O) groups excluding carboxylic acids is 2. The van der Waals surface area contributed by atoms with Crippen LogP contribution in [0.15, 0.2) is 34.9 Å². The summed E-state index contributed by atoms with van der Waals surface area (Å²) in [6.07, 6.45) is 0.727. The summed E-state index contributed by atoms with van der Waals surface area (Å²) in [5.74, 6) is -0.0419. The van der Waals surface area contributed by atoms with Gasteiger partial charge in [0.2, 0.25) is 5.91 Å². The molecule has 0 N–H and O–H groups in total. The summed E-state index contributed by atoms with van der Waals surface area (Å²) >= 11 is 0. The minimum absolute atomic E-state index is 0.0781. The van der Waals surface area contributed by atoms with Crippen LogP contribution in [-0.2, 0) is 4.79 Å². The molecule has 0 saturated carbocycles. The summed E-state index contributed by atoms with van der Waals surface area (Å²) in [4.78, 5) is 30.6. The van der Waals surface area contributed by atoms with Gasteiger partial charge in [-0.1, -0.05) is 11.2 Å². The SMILES string of the molecule is Cc1cc(C(=O)N2CC[C@]3(C2)CN(c2cccc(F)c2)C(=O)CN3C)no1. The average Bonchev–Trinajstić information content (AvgIpc) is 3.25. The molecule has 1 aromatic heterocycles. The monoisotopic (exact) mass is 372 g/mol. The van der Waals surface area contributed by atoms with Gasteiger partial charge < -0.3 is 14.3 Å². The lowest BCUT2D eigenvalue weighted by Crippen LogP contribution is -2.64. The van der Waals surface area contributed by atoms with Gasteiger partial charge in [-0.15, -0.1) is 0 Å². The maximum absolute atomic E-state index is 13.6. The number of hydrogen-bond donors (Lipinski definition) is 0. The lowest BCUT2D eigenvalue weighted by Gasteiger charge is -2.46. The van der Waals surface area contributed by atoms with Crippen molar-refractivity contribution in [3.05, 3.63) is 47.6 Å². The average molecular weight is 372 g/mol. The van der Waals surface area contributed by atoms with Crippen LogP contribution in [0.3, 0.4) is 0 Å². The molecule has 2 aliphatic rings. The van der Waals surface area contributed by atoms with E-state index in [-0.39, 0.29) is 29.7 Å². The maximum Gasteiger partial charge on any atom is 0.276 e. The quantitative estimate of drug-likeness (QED) is 0.802. The van der Waals surface area contributed by atoms with Gasteiger partial charge in [0.1, 0.15) is 11.6 Å². The molecule has 2 fully saturated rings. The summed E-state index contributed by atoms with van der Waals surface area (Å²) in [5, 5.41) is 3.81. The Bertz CT molecular complexity index is 899. The summed E-state index contributed by atoms with van der Waals surface area (Å²) in [6.45, 7) is 3.43. The Balaban J connectivity index is 1.57. The van der Waals surface area contributed by atoms with Crippen LogP contribution in [0.4, 0.5) is 10.1 Å².